The molecule has 78 valence electrons. The van der Waals surface area contributed by atoms with Crippen molar-refractivity contribution in [1.82, 2.24) is 0 Å². The third-order valence-corrected chi connectivity index (χ3v) is 2.87. The summed E-state index contributed by atoms with van der Waals surface area (Å²) >= 11 is 0. The third-order valence-electron chi connectivity index (χ3n) is 2.87. The minimum Gasteiger partial charge on any atom is -0.454 e. The molecule has 1 fully saturated rings. The number of nitrogens with zero attached hydrogens (tertiary/aromatic N) is 1. The van der Waals surface area contributed by atoms with E-state index < -0.39 is 0 Å². The van der Waals surface area contributed by atoms with Crippen LogP contribution < -0.4 is 9.47 Å². The zero-order valence-corrected chi connectivity index (χ0v) is 8.69. The van der Waals surface area contributed by atoms with E-state index in [1.54, 1.807) is 0 Å². The Balaban J connectivity index is 1.98. The van der Waals surface area contributed by atoms with Gasteiger partial charge in [-0.25, -0.2) is 0 Å². The molecule has 0 saturated heterocycles. The minimum atomic E-state index is 0.334. The van der Waals surface area contributed by atoms with E-state index in [1.807, 2.05) is 19.2 Å². The van der Waals surface area contributed by atoms with Gasteiger partial charge in [-0.1, -0.05) is 0 Å². The van der Waals surface area contributed by atoms with Gasteiger partial charge in [-0.2, -0.15) is 0 Å². The van der Waals surface area contributed by atoms with E-state index in [4.69, 9.17) is 9.47 Å². The van der Waals surface area contributed by atoms with Crippen LogP contribution in [-0.4, -0.2) is 19.6 Å². The molecule has 0 atom stereocenters. The summed E-state index contributed by atoms with van der Waals surface area (Å²) < 4.78 is 10.6. The molecular weight excluding hydrogens is 190 g/mol. The number of aliphatic imine (C=N–C) groups is 1. The summed E-state index contributed by atoms with van der Waals surface area (Å²) in [5.41, 5.74) is 2.37. The van der Waals surface area contributed by atoms with Gasteiger partial charge >= 0.3 is 0 Å². The van der Waals surface area contributed by atoms with Gasteiger partial charge in [-0.05, 0) is 36.6 Å². The molecule has 0 amide bonds. The van der Waals surface area contributed by atoms with Crippen LogP contribution in [0.15, 0.2) is 23.2 Å². The van der Waals surface area contributed by atoms with Crippen molar-refractivity contribution in [3.8, 4) is 11.5 Å². The van der Waals surface area contributed by atoms with Crippen LogP contribution in [0.2, 0.25) is 0 Å². The van der Waals surface area contributed by atoms with Gasteiger partial charge in [0.05, 0.1) is 0 Å². The number of rotatable bonds is 2. The van der Waals surface area contributed by atoms with Crippen LogP contribution in [0.4, 0.5) is 0 Å². The lowest BCUT2D eigenvalue weighted by molar-refractivity contribution is 0.174. The van der Waals surface area contributed by atoms with Crippen molar-refractivity contribution in [1.29, 1.82) is 0 Å². The van der Waals surface area contributed by atoms with E-state index in [0.717, 1.165) is 11.5 Å². The monoisotopic (exact) mass is 203 g/mol. The molecule has 3 rings (SSSR count). The Bertz CT molecular complexity index is 422. The Morgan fingerprint density at radius 2 is 2.07 bits per heavy atom. The average molecular weight is 203 g/mol. The van der Waals surface area contributed by atoms with E-state index in [9.17, 15) is 0 Å². The second-order valence-corrected chi connectivity index (χ2v) is 3.95. The zero-order valence-electron chi connectivity index (χ0n) is 8.69. The first-order valence-electron chi connectivity index (χ1n) is 5.25. The number of fused-ring (bicyclic) bond motifs is 1. The Kier molecular flexibility index (Phi) is 1.91. The van der Waals surface area contributed by atoms with Crippen LogP contribution in [0.5, 0.6) is 11.5 Å². The van der Waals surface area contributed by atoms with Crippen LogP contribution in [0.25, 0.3) is 0 Å². The maximum Gasteiger partial charge on any atom is 0.231 e. The molecule has 3 heteroatoms. The first-order valence-corrected chi connectivity index (χ1v) is 5.25. The molecule has 1 aliphatic heterocycles. The quantitative estimate of drug-likeness (QED) is 0.690. The molecule has 1 aromatic rings. The molecule has 1 aliphatic carbocycles. The lowest BCUT2D eigenvalue weighted by Crippen LogP contribution is -2.02. The third kappa shape index (κ3) is 1.48. The van der Waals surface area contributed by atoms with E-state index in [2.05, 4.69) is 11.1 Å². The number of hydrogen-bond acceptors (Lipinski definition) is 3. The zero-order chi connectivity index (χ0) is 10.3. The van der Waals surface area contributed by atoms with E-state index in [1.165, 1.54) is 24.1 Å². The van der Waals surface area contributed by atoms with Crippen molar-refractivity contribution in [2.75, 3.05) is 13.8 Å². The molecule has 0 radical (unpaired) electrons. The van der Waals surface area contributed by atoms with Gasteiger partial charge in [0.15, 0.2) is 11.5 Å². The lowest BCUT2D eigenvalue weighted by Gasteiger charge is -2.05. The van der Waals surface area contributed by atoms with Crippen molar-refractivity contribution in [3.05, 3.63) is 23.8 Å². The maximum absolute atomic E-state index is 5.36. The summed E-state index contributed by atoms with van der Waals surface area (Å²) in [6.45, 7) is 0.334. The highest BCUT2D eigenvalue weighted by Gasteiger charge is 2.28. The van der Waals surface area contributed by atoms with Crippen LogP contribution in [0.1, 0.15) is 18.4 Å². The Hall–Kier alpha value is -1.51. The Morgan fingerprint density at radius 3 is 2.80 bits per heavy atom. The van der Waals surface area contributed by atoms with Gasteiger partial charge in [0, 0.05) is 18.7 Å². The number of hydrogen-bond donors (Lipinski definition) is 0. The van der Waals surface area contributed by atoms with Gasteiger partial charge in [-0.15, -0.1) is 0 Å². The maximum atomic E-state index is 5.36. The SMILES string of the molecule is CN=C(c1ccc2c(c1)OCO2)C1CC1. The van der Waals surface area contributed by atoms with Crippen LogP contribution in [-0.2, 0) is 0 Å². The topological polar surface area (TPSA) is 30.8 Å². The molecular formula is C12H13NO2. The summed E-state index contributed by atoms with van der Waals surface area (Å²) in [5.74, 6) is 2.34. The largest absolute Gasteiger partial charge is 0.454 e. The summed E-state index contributed by atoms with van der Waals surface area (Å²) in [5, 5.41) is 0. The van der Waals surface area contributed by atoms with Gasteiger partial charge in [0.1, 0.15) is 0 Å². The fourth-order valence-corrected chi connectivity index (χ4v) is 1.96. The molecule has 0 spiro atoms. The molecule has 1 heterocycles. The summed E-state index contributed by atoms with van der Waals surface area (Å²) in [4.78, 5) is 4.37. The summed E-state index contributed by atoms with van der Waals surface area (Å²) in [6.07, 6.45) is 2.53. The van der Waals surface area contributed by atoms with Crippen molar-refractivity contribution >= 4 is 5.71 Å². The molecule has 3 nitrogen and oxygen atoms in total. The fraction of sp³-hybridized carbons (Fsp3) is 0.417. The summed E-state index contributed by atoms with van der Waals surface area (Å²) in [6, 6.07) is 6.06. The van der Waals surface area contributed by atoms with E-state index >= 15 is 0 Å². The van der Waals surface area contributed by atoms with Crippen molar-refractivity contribution in [2.45, 2.75) is 12.8 Å². The number of ether oxygens (including phenoxy) is 2. The molecule has 0 bridgehead atoms. The second-order valence-electron chi connectivity index (χ2n) is 3.95. The highest BCUT2D eigenvalue weighted by atomic mass is 16.7. The first-order chi connectivity index (χ1) is 7.38. The molecule has 0 unspecified atom stereocenters. The normalized spacial score (nSPS) is 19.4. The minimum absolute atomic E-state index is 0.334. The van der Waals surface area contributed by atoms with Gasteiger partial charge < -0.3 is 9.47 Å². The molecule has 1 aromatic carbocycles. The lowest BCUT2D eigenvalue weighted by atomic mass is 10.1. The standard InChI is InChI=1S/C12H13NO2/c1-13-12(8-2-3-8)9-4-5-10-11(6-9)15-7-14-10/h4-6,8H,2-3,7H2,1H3. The smallest absolute Gasteiger partial charge is 0.231 e. The van der Waals surface area contributed by atoms with Gasteiger partial charge in [0.2, 0.25) is 6.79 Å². The molecule has 1 saturated carbocycles. The Morgan fingerprint density at radius 1 is 1.27 bits per heavy atom. The van der Waals surface area contributed by atoms with Gasteiger partial charge in [-0.3, -0.25) is 4.99 Å². The predicted octanol–water partition coefficient (Wildman–Crippen LogP) is 2.24. The van der Waals surface area contributed by atoms with Crippen LogP contribution >= 0.6 is 0 Å². The highest BCUT2D eigenvalue weighted by molar-refractivity contribution is 6.04. The summed E-state index contributed by atoms with van der Waals surface area (Å²) in [7, 11) is 1.86. The van der Waals surface area contributed by atoms with E-state index in [0.29, 0.717) is 12.7 Å². The predicted molar refractivity (Wildman–Crippen MR) is 57.8 cm³/mol. The first kappa shape index (κ1) is 8.77. The second kappa shape index (κ2) is 3.26. The number of benzene rings is 1. The molecule has 2 aliphatic rings. The van der Waals surface area contributed by atoms with Gasteiger partial charge in [0.25, 0.3) is 0 Å². The van der Waals surface area contributed by atoms with Crippen molar-refractivity contribution in [2.24, 2.45) is 10.9 Å². The average Bonchev–Trinajstić information content (AvgIpc) is 2.97. The highest BCUT2D eigenvalue weighted by Crippen LogP contribution is 2.37. The van der Waals surface area contributed by atoms with Crippen LogP contribution in [0.3, 0.4) is 0 Å². The molecule has 0 aromatic heterocycles. The molecule has 0 N–H and O–H groups in total. The van der Waals surface area contributed by atoms with Crippen molar-refractivity contribution < 1.29 is 9.47 Å². The Labute approximate surface area is 88.7 Å². The van der Waals surface area contributed by atoms with Crippen molar-refractivity contribution in [3.63, 3.8) is 0 Å². The fourth-order valence-electron chi connectivity index (χ4n) is 1.96. The van der Waals surface area contributed by atoms with Crippen LogP contribution in [0, 0.1) is 5.92 Å². The van der Waals surface area contributed by atoms with E-state index in [-0.39, 0.29) is 0 Å². The molecule has 15 heavy (non-hydrogen) atoms.